The number of rotatable bonds is 4. The van der Waals surface area contributed by atoms with E-state index in [-0.39, 0.29) is 5.91 Å². The van der Waals surface area contributed by atoms with Gasteiger partial charge >= 0.3 is 0 Å². The third-order valence-corrected chi connectivity index (χ3v) is 2.58. The molecule has 0 bridgehead atoms. The van der Waals surface area contributed by atoms with E-state index in [9.17, 15) is 4.79 Å². The SMILES string of the molecule is COc1ncccc1NC(=O)CC1CNC1. The fraction of sp³-hybridized carbons (Fsp3) is 0.455. The van der Waals surface area contributed by atoms with Crippen LogP contribution in [0.3, 0.4) is 0 Å². The zero-order chi connectivity index (χ0) is 11.4. The molecule has 86 valence electrons. The first-order valence-electron chi connectivity index (χ1n) is 5.29. The molecule has 16 heavy (non-hydrogen) atoms. The van der Waals surface area contributed by atoms with Gasteiger partial charge in [0.15, 0.2) is 0 Å². The van der Waals surface area contributed by atoms with E-state index in [0.29, 0.717) is 23.9 Å². The zero-order valence-electron chi connectivity index (χ0n) is 9.19. The second-order valence-corrected chi connectivity index (χ2v) is 3.84. The minimum Gasteiger partial charge on any atom is -0.480 e. The van der Waals surface area contributed by atoms with Crippen LogP contribution < -0.4 is 15.4 Å². The smallest absolute Gasteiger partial charge is 0.237 e. The van der Waals surface area contributed by atoms with Crippen LogP contribution in [0.25, 0.3) is 0 Å². The molecule has 1 aromatic heterocycles. The summed E-state index contributed by atoms with van der Waals surface area (Å²) in [5.41, 5.74) is 0.627. The fourth-order valence-electron chi connectivity index (χ4n) is 1.60. The zero-order valence-corrected chi connectivity index (χ0v) is 9.19. The minimum absolute atomic E-state index is 0.0119. The van der Waals surface area contributed by atoms with E-state index >= 15 is 0 Å². The number of carbonyl (C=O) groups excluding carboxylic acids is 1. The van der Waals surface area contributed by atoms with Gasteiger partial charge < -0.3 is 15.4 Å². The first-order valence-corrected chi connectivity index (χ1v) is 5.29. The van der Waals surface area contributed by atoms with Crippen molar-refractivity contribution in [1.82, 2.24) is 10.3 Å². The van der Waals surface area contributed by atoms with Crippen molar-refractivity contribution in [3.8, 4) is 5.88 Å². The van der Waals surface area contributed by atoms with E-state index in [1.54, 1.807) is 18.3 Å². The summed E-state index contributed by atoms with van der Waals surface area (Å²) in [5.74, 6) is 0.919. The number of nitrogens with zero attached hydrogens (tertiary/aromatic N) is 1. The topological polar surface area (TPSA) is 63.2 Å². The van der Waals surface area contributed by atoms with Crippen LogP contribution in [0.1, 0.15) is 6.42 Å². The van der Waals surface area contributed by atoms with E-state index in [0.717, 1.165) is 13.1 Å². The van der Waals surface area contributed by atoms with Gasteiger partial charge in [-0.2, -0.15) is 0 Å². The summed E-state index contributed by atoms with van der Waals surface area (Å²) in [4.78, 5) is 15.7. The summed E-state index contributed by atoms with van der Waals surface area (Å²) < 4.78 is 5.05. The van der Waals surface area contributed by atoms with Gasteiger partial charge in [0.1, 0.15) is 5.69 Å². The third kappa shape index (κ3) is 2.49. The predicted octanol–water partition coefficient (Wildman–Crippen LogP) is 0.638. The monoisotopic (exact) mass is 221 g/mol. The molecule has 0 saturated carbocycles. The van der Waals surface area contributed by atoms with Crippen molar-refractivity contribution in [2.75, 3.05) is 25.5 Å². The van der Waals surface area contributed by atoms with Crippen LogP contribution in [0.15, 0.2) is 18.3 Å². The molecule has 0 atom stereocenters. The molecule has 1 fully saturated rings. The summed E-state index contributed by atoms with van der Waals surface area (Å²) in [5, 5.41) is 5.94. The molecule has 0 radical (unpaired) electrons. The molecule has 2 rings (SSSR count). The molecule has 5 heteroatoms. The molecule has 1 aliphatic rings. The fourth-order valence-corrected chi connectivity index (χ4v) is 1.60. The maximum atomic E-state index is 11.7. The van der Waals surface area contributed by atoms with Crippen molar-refractivity contribution < 1.29 is 9.53 Å². The lowest BCUT2D eigenvalue weighted by Gasteiger charge is -2.26. The van der Waals surface area contributed by atoms with E-state index in [4.69, 9.17) is 4.74 Å². The maximum Gasteiger partial charge on any atom is 0.237 e. The number of amides is 1. The number of nitrogens with one attached hydrogen (secondary N) is 2. The van der Waals surface area contributed by atoms with Crippen LogP contribution in [0.5, 0.6) is 5.88 Å². The second kappa shape index (κ2) is 4.94. The van der Waals surface area contributed by atoms with Gasteiger partial charge in [-0.05, 0) is 31.1 Å². The molecule has 1 aromatic rings. The lowest BCUT2D eigenvalue weighted by atomic mass is 9.99. The Labute approximate surface area is 94.2 Å². The molecule has 1 saturated heterocycles. The Morgan fingerprint density at radius 2 is 2.50 bits per heavy atom. The van der Waals surface area contributed by atoms with Crippen LogP contribution >= 0.6 is 0 Å². The summed E-state index contributed by atoms with van der Waals surface area (Å²) >= 11 is 0. The van der Waals surface area contributed by atoms with Gasteiger partial charge in [-0.25, -0.2) is 4.98 Å². The Balaban J connectivity index is 1.94. The van der Waals surface area contributed by atoms with Crippen LogP contribution in [0.2, 0.25) is 0 Å². The Morgan fingerprint density at radius 1 is 1.69 bits per heavy atom. The van der Waals surface area contributed by atoms with Gasteiger partial charge in [-0.1, -0.05) is 0 Å². The molecule has 0 unspecified atom stereocenters. The molecule has 0 aliphatic carbocycles. The molecule has 2 N–H and O–H groups in total. The van der Waals surface area contributed by atoms with Crippen LogP contribution in [-0.4, -0.2) is 31.1 Å². The number of anilines is 1. The molecule has 1 aliphatic heterocycles. The molecule has 5 nitrogen and oxygen atoms in total. The number of ether oxygens (including phenoxy) is 1. The van der Waals surface area contributed by atoms with E-state index in [1.165, 1.54) is 7.11 Å². The lowest BCUT2D eigenvalue weighted by Crippen LogP contribution is -2.43. The van der Waals surface area contributed by atoms with E-state index < -0.39 is 0 Å². The van der Waals surface area contributed by atoms with Gasteiger partial charge in [-0.3, -0.25) is 4.79 Å². The van der Waals surface area contributed by atoms with Crippen molar-refractivity contribution in [2.24, 2.45) is 5.92 Å². The van der Waals surface area contributed by atoms with Crippen LogP contribution in [0.4, 0.5) is 5.69 Å². The van der Waals surface area contributed by atoms with Gasteiger partial charge in [0, 0.05) is 12.6 Å². The number of carbonyl (C=O) groups is 1. The molecular formula is C11H15N3O2. The van der Waals surface area contributed by atoms with Crippen molar-refractivity contribution in [3.05, 3.63) is 18.3 Å². The normalized spacial score (nSPS) is 15.3. The second-order valence-electron chi connectivity index (χ2n) is 3.84. The first kappa shape index (κ1) is 10.9. The number of hydrogen-bond acceptors (Lipinski definition) is 4. The number of aromatic nitrogens is 1. The highest BCUT2D eigenvalue weighted by Gasteiger charge is 2.20. The summed E-state index contributed by atoms with van der Waals surface area (Å²) in [6, 6.07) is 3.55. The Morgan fingerprint density at radius 3 is 3.12 bits per heavy atom. The minimum atomic E-state index is 0.0119. The summed E-state index contributed by atoms with van der Waals surface area (Å²) in [7, 11) is 1.54. The third-order valence-electron chi connectivity index (χ3n) is 2.58. The molecule has 0 spiro atoms. The number of methoxy groups -OCH3 is 1. The average Bonchev–Trinajstić information content (AvgIpc) is 2.24. The summed E-state index contributed by atoms with van der Waals surface area (Å²) in [6.07, 6.45) is 2.18. The number of hydrogen-bond donors (Lipinski definition) is 2. The maximum absolute atomic E-state index is 11.7. The summed E-state index contributed by atoms with van der Waals surface area (Å²) in [6.45, 7) is 1.86. The largest absolute Gasteiger partial charge is 0.480 e. The van der Waals surface area contributed by atoms with E-state index in [1.807, 2.05) is 0 Å². The van der Waals surface area contributed by atoms with Crippen LogP contribution in [-0.2, 0) is 4.79 Å². The standard InChI is InChI=1S/C11H15N3O2/c1-16-11-9(3-2-4-13-11)14-10(15)5-8-6-12-7-8/h2-4,8,12H,5-7H2,1H3,(H,14,15). The highest BCUT2D eigenvalue weighted by molar-refractivity contribution is 5.92. The van der Waals surface area contributed by atoms with Crippen molar-refractivity contribution in [2.45, 2.75) is 6.42 Å². The Hall–Kier alpha value is -1.62. The van der Waals surface area contributed by atoms with Crippen LogP contribution in [0, 0.1) is 5.92 Å². The number of pyridine rings is 1. The quantitative estimate of drug-likeness (QED) is 0.783. The predicted molar refractivity (Wildman–Crippen MR) is 60.4 cm³/mol. The van der Waals surface area contributed by atoms with Crippen molar-refractivity contribution >= 4 is 11.6 Å². The Bertz CT molecular complexity index is 377. The van der Waals surface area contributed by atoms with Gasteiger partial charge in [0.25, 0.3) is 0 Å². The van der Waals surface area contributed by atoms with Crippen molar-refractivity contribution in [1.29, 1.82) is 0 Å². The van der Waals surface area contributed by atoms with Crippen molar-refractivity contribution in [3.63, 3.8) is 0 Å². The first-order chi connectivity index (χ1) is 7.79. The highest BCUT2D eigenvalue weighted by atomic mass is 16.5. The highest BCUT2D eigenvalue weighted by Crippen LogP contribution is 2.20. The van der Waals surface area contributed by atoms with E-state index in [2.05, 4.69) is 15.6 Å². The van der Waals surface area contributed by atoms with Gasteiger partial charge in [0.05, 0.1) is 7.11 Å². The Kier molecular flexibility index (Phi) is 3.36. The molecule has 0 aromatic carbocycles. The molecular weight excluding hydrogens is 206 g/mol. The lowest BCUT2D eigenvalue weighted by molar-refractivity contribution is -0.117. The molecule has 1 amide bonds. The molecule has 2 heterocycles. The van der Waals surface area contributed by atoms with Gasteiger partial charge in [0.2, 0.25) is 11.8 Å². The average molecular weight is 221 g/mol. The van der Waals surface area contributed by atoms with Gasteiger partial charge in [-0.15, -0.1) is 0 Å².